The number of aromatic carboxylic acids is 1. The van der Waals surface area contributed by atoms with Gasteiger partial charge in [0.25, 0.3) is 0 Å². The second-order valence-electron chi connectivity index (χ2n) is 3.98. The van der Waals surface area contributed by atoms with Gasteiger partial charge in [0, 0.05) is 5.56 Å². The third-order valence-electron chi connectivity index (χ3n) is 2.77. The molecule has 0 heterocycles. The molecule has 0 atom stereocenters. The van der Waals surface area contributed by atoms with Gasteiger partial charge in [0.2, 0.25) is 0 Å². The Morgan fingerprint density at radius 3 is 2.53 bits per heavy atom. The summed E-state index contributed by atoms with van der Waals surface area (Å²) < 4.78 is 13.5. The number of halogens is 1. The lowest BCUT2D eigenvalue weighted by molar-refractivity contribution is 0.0695. The van der Waals surface area contributed by atoms with Gasteiger partial charge in [-0.1, -0.05) is 0 Å². The predicted molar refractivity (Wildman–Crippen MR) is 51.2 cm³/mol. The van der Waals surface area contributed by atoms with E-state index in [-0.39, 0.29) is 11.1 Å². The van der Waals surface area contributed by atoms with Gasteiger partial charge in [-0.25, -0.2) is 9.18 Å². The Kier molecular flexibility index (Phi) is 2.04. The van der Waals surface area contributed by atoms with Crippen molar-refractivity contribution in [3.05, 3.63) is 34.6 Å². The zero-order valence-electron chi connectivity index (χ0n) is 8.25. The molecule has 0 bridgehead atoms. The van der Waals surface area contributed by atoms with Crippen LogP contribution in [-0.4, -0.2) is 16.2 Å². The quantitative estimate of drug-likeness (QED) is 0.782. The summed E-state index contributed by atoms with van der Waals surface area (Å²) in [5.41, 5.74) is -0.618. The van der Waals surface area contributed by atoms with Crippen LogP contribution in [0.5, 0.6) is 0 Å². The highest BCUT2D eigenvalue weighted by molar-refractivity contribution is 5.89. The number of hydrogen-bond acceptors (Lipinski definition) is 2. The SMILES string of the molecule is Cc1cc(F)c(C2(O)CC2)cc1C(=O)O. The first-order valence-corrected chi connectivity index (χ1v) is 4.70. The summed E-state index contributed by atoms with van der Waals surface area (Å²) in [5.74, 6) is -1.63. The molecule has 2 rings (SSSR count). The molecule has 0 amide bonds. The van der Waals surface area contributed by atoms with Crippen LogP contribution in [0.25, 0.3) is 0 Å². The third-order valence-corrected chi connectivity index (χ3v) is 2.77. The normalized spacial score (nSPS) is 17.5. The first-order chi connectivity index (χ1) is 6.94. The van der Waals surface area contributed by atoms with Crippen molar-refractivity contribution in [2.45, 2.75) is 25.4 Å². The van der Waals surface area contributed by atoms with Crippen molar-refractivity contribution in [2.75, 3.05) is 0 Å². The number of aryl methyl sites for hydroxylation is 1. The van der Waals surface area contributed by atoms with E-state index in [2.05, 4.69) is 0 Å². The minimum Gasteiger partial charge on any atom is -0.478 e. The molecule has 80 valence electrons. The lowest BCUT2D eigenvalue weighted by Gasteiger charge is -2.11. The molecule has 0 spiro atoms. The van der Waals surface area contributed by atoms with Gasteiger partial charge in [-0.15, -0.1) is 0 Å². The molecule has 0 aliphatic heterocycles. The molecule has 0 saturated heterocycles. The smallest absolute Gasteiger partial charge is 0.335 e. The second kappa shape index (κ2) is 3.03. The molecule has 1 saturated carbocycles. The minimum atomic E-state index is -1.14. The predicted octanol–water partition coefficient (Wildman–Crippen LogP) is 1.81. The van der Waals surface area contributed by atoms with Gasteiger partial charge in [0.1, 0.15) is 5.82 Å². The van der Waals surface area contributed by atoms with Gasteiger partial charge in [-0.3, -0.25) is 0 Å². The van der Waals surface area contributed by atoms with Crippen molar-refractivity contribution >= 4 is 5.97 Å². The van der Waals surface area contributed by atoms with E-state index < -0.39 is 17.4 Å². The van der Waals surface area contributed by atoms with Crippen molar-refractivity contribution in [3.8, 4) is 0 Å². The zero-order chi connectivity index (χ0) is 11.2. The summed E-state index contributed by atoms with van der Waals surface area (Å²) in [4.78, 5) is 10.8. The molecule has 1 aliphatic rings. The maximum Gasteiger partial charge on any atom is 0.335 e. The summed E-state index contributed by atoms with van der Waals surface area (Å²) in [6.45, 7) is 1.53. The maximum absolute atomic E-state index is 13.5. The van der Waals surface area contributed by atoms with Crippen LogP contribution in [0.4, 0.5) is 4.39 Å². The molecule has 0 aromatic heterocycles. The summed E-state index contributed by atoms with van der Waals surface area (Å²) in [7, 11) is 0. The van der Waals surface area contributed by atoms with E-state index >= 15 is 0 Å². The highest BCUT2D eigenvalue weighted by Crippen LogP contribution is 2.46. The Morgan fingerprint density at radius 1 is 1.47 bits per heavy atom. The van der Waals surface area contributed by atoms with Crippen LogP contribution >= 0.6 is 0 Å². The molecule has 1 aromatic rings. The Bertz CT molecular complexity index is 436. The van der Waals surface area contributed by atoms with Crippen LogP contribution in [0.2, 0.25) is 0 Å². The highest BCUT2D eigenvalue weighted by Gasteiger charge is 2.44. The average Bonchev–Trinajstić information content (AvgIpc) is 2.83. The van der Waals surface area contributed by atoms with Crippen molar-refractivity contribution in [1.29, 1.82) is 0 Å². The number of aliphatic hydroxyl groups is 1. The van der Waals surface area contributed by atoms with Crippen molar-refractivity contribution in [1.82, 2.24) is 0 Å². The summed E-state index contributed by atoms with van der Waals surface area (Å²) in [6.07, 6.45) is 0.984. The molecular formula is C11H11FO3. The molecule has 4 heteroatoms. The van der Waals surface area contributed by atoms with Crippen LogP contribution in [0.1, 0.15) is 34.3 Å². The van der Waals surface area contributed by atoms with Crippen molar-refractivity contribution in [3.63, 3.8) is 0 Å². The monoisotopic (exact) mass is 210 g/mol. The van der Waals surface area contributed by atoms with Crippen LogP contribution in [-0.2, 0) is 5.60 Å². The molecule has 0 radical (unpaired) electrons. The second-order valence-corrected chi connectivity index (χ2v) is 3.98. The van der Waals surface area contributed by atoms with Crippen molar-refractivity contribution in [2.24, 2.45) is 0 Å². The largest absolute Gasteiger partial charge is 0.478 e. The Morgan fingerprint density at radius 2 is 2.07 bits per heavy atom. The molecule has 1 aliphatic carbocycles. The molecule has 1 fully saturated rings. The van der Waals surface area contributed by atoms with Gasteiger partial charge in [0.05, 0.1) is 11.2 Å². The van der Waals surface area contributed by atoms with E-state index in [0.29, 0.717) is 18.4 Å². The van der Waals surface area contributed by atoms with Crippen molar-refractivity contribution < 1.29 is 19.4 Å². The number of hydrogen-bond donors (Lipinski definition) is 2. The fourth-order valence-electron chi connectivity index (χ4n) is 1.65. The molecule has 15 heavy (non-hydrogen) atoms. The standard InChI is InChI=1S/C11H11FO3/c1-6-4-9(12)8(11(15)2-3-11)5-7(6)10(13)14/h4-5,15H,2-3H2,1H3,(H,13,14). The van der Waals surface area contributed by atoms with Crippen LogP contribution in [0.3, 0.4) is 0 Å². The Balaban J connectivity index is 2.56. The number of rotatable bonds is 2. The van der Waals surface area contributed by atoms with E-state index in [1.54, 1.807) is 0 Å². The molecular weight excluding hydrogens is 199 g/mol. The van der Waals surface area contributed by atoms with Crippen LogP contribution in [0, 0.1) is 12.7 Å². The van der Waals surface area contributed by atoms with Gasteiger partial charge in [-0.05, 0) is 37.5 Å². The molecule has 3 nitrogen and oxygen atoms in total. The van der Waals surface area contributed by atoms with Gasteiger partial charge in [0.15, 0.2) is 0 Å². The first-order valence-electron chi connectivity index (χ1n) is 4.70. The topological polar surface area (TPSA) is 57.5 Å². The minimum absolute atomic E-state index is 0.0479. The third kappa shape index (κ3) is 1.61. The Hall–Kier alpha value is -1.42. The van der Waals surface area contributed by atoms with E-state index in [4.69, 9.17) is 5.11 Å². The van der Waals surface area contributed by atoms with E-state index in [9.17, 15) is 14.3 Å². The van der Waals surface area contributed by atoms with Gasteiger partial charge in [-0.2, -0.15) is 0 Å². The van der Waals surface area contributed by atoms with Crippen LogP contribution < -0.4 is 0 Å². The average molecular weight is 210 g/mol. The molecule has 1 aromatic carbocycles. The van der Waals surface area contributed by atoms with Crippen LogP contribution in [0.15, 0.2) is 12.1 Å². The maximum atomic E-state index is 13.5. The number of carboxylic acids is 1. The molecule has 0 unspecified atom stereocenters. The fourth-order valence-corrected chi connectivity index (χ4v) is 1.65. The van der Waals surface area contributed by atoms with E-state index in [1.165, 1.54) is 13.0 Å². The molecule has 2 N–H and O–H groups in total. The van der Waals surface area contributed by atoms with Gasteiger partial charge < -0.3 is 10.2 Å². The number of carbonyl (C=O) groups is 1. The highest BCUT2D eigenvalue weighted by atomic mass is 19.1. The van der Waals surface area contributed by atoms with E-state index in [0.717, 1.165) is 6.07 Å². The lowest BCUT2D eigenvalue weighted by Crippen LogP contribution is -2.11. The lowest BCUT2D eigenvalue weighted by atomic mass is 10.00. The summed E-state index contributed by atoms with van der Waals surface area (Å²) in [5, 5.41) is 18.6. The first kappa shape index (κ1) is 10.1. The van der Waals surface area contributed by atoms with Gasteiger partial charge >= 0.3 is 5.97 Å². The van der Waals surface area contributed by atoms with E-state index in [1.807, 2.05) is 0 Å². The summed E-state index contributed by atoms with van der Waals surface area (Å²) >= 11 is 0. The number of benzene rings is 1. The fraction of sp³-hybridized carbons (Fsp3) is 0.364. The zero-order valence-corrected chi connectivity index (χ0v) is 8.25. The summed E-state index contributed by atoms with van der Waals surface area (Å²) in [6, 6.07) is 2.40. The number of carboxylic acid groups (broad SMARTS) is 1. The Labute approximate surface area is 86.2 Å².